The molecule has 3 heteroatoms. The van der Waals surface area contributed by atoms with Crippen LogP contribution in [-0.4, -0.2) is 14.2 Å². The molecule has 0 heterocycles. The quantitative estimate of drug-likeness (QED) is 0.759. The van der Waals surface area contributed by atoms with Crippen molar-refractivity contribution in [3.8, 4) is 5.75 Å². The smallest absolute Gasteiger partial charge is 0.120 e. The Labute approximate surface area is 123 Å². The van der Waals surface area contributed by atoms with Gasteiger partial charge in [0.1, 0.15) is 5.75 Å². The van der Waals surface area contributed by atoms with Gasteiger partial charge in [0.25, 0.3) is 0 Å². The minimum Gasteiger partial charge on any atom is -0.497 e. The lowest BCUT2D eigenvalue weighted by molar-refractivity contribution is 0.415. The van der Waals surface area contributed by atoms with Crippen molar-refractivity contribution in [1.82, 2.24) is 0 Å². The summed E-state index contributed by atoms with van der Waals surface area (Å²) in [6.45, 7) is 2.11. The predicted molar refractivity (Wildman–Crippen MR) is 84.9 cm³/mol. The Morgan fingerprint density at radius 3 is 2.63 bits per heavy atom. The maximum Gasteiger partial charge on any atom is 0.120 e. The van der Waals surface area contributed by atoms with Gasteiger partial charge in [0, 0.05) is 29.8 Å². The summed E-state index contributed by atoms with van der Waals surface area (Å²) >= 11 is 3.56. The summed E-state index contributed by atoms with van der Waals surface area (Å²) in [5, 5.41) is 0.846. The second-order valence-electron chi connectivity index (χ2n) is 4.53. The molecule has 0 atom stereocenters. The topological polar surface area (TPSA) is 12.5 Å². The predicted octanol–water partition coefficient (Wildman–Crippen LogP) is 4.67. The van der Waals surface area contributed by atoms with Gasteiger partial charge in [-0.15, -0.1) is 0 Å². The molecule has 0 fully saturated rings. The molecule has 0 N–H and O–H groups in total. The molecular weight excluding hydrogens is 302 g/mol. The average Bonchev–Trinajstić information content (AvgIpc) is 2.46. The molecule has 0 aliphatic carbocycles. The lowest BCUT2D eigenvalue weighted by atomic mass is 10.1. The normalized spacial score (nSPS) is 10.3. The summed E-state index contributed by atoms with van der Waals surface area (Å²) in [5.41, 5.74) is 4.88. The first-order valence-electron chi connectivity index (χ1n) is 6.19. The minimum atomic E-state index is 0.846. The molecule has 0 amide bonds. The van der Waals surface area contributed by atoms with E-state index in [9.17, 15) is 0 Å². The van der Waals surface area contributed by atoms with Crippen molar-refractivity contribution in [3.63, 3.8) is 0 Å². The van der Waals surface area contributed by atoms with Crippen LogP contribution < -0.4 is 9.64 Å². The SMILES string of the molecule is COc1cccc(N(C)c2ccc(C)cc2CBr)c1. The first kappa shape index (κ1) is 13.9. The Balaban J connectivity index is 2.40. The fraction of sp³-hybridized carbons (Fsp3) is 0.250. The van der Waals surface area contributed by atoms with Crippen LogP contribution in [0.4, 0.5) is 11.4 Å². The third-order valence-corrected chi connectivity index (χ3v) is 3.79. The van der Waals surface area contributed by atoms with Gasteiger partial charge in [0.2, 0.25) is 0 Å². The molecule has 0 unspecified atom stereocenters. The summed E-state index contributed by atoms with van der Waals surface area (Å²) in [6.07, 6.45) is 0. The van der Waals surface area contributed by atoms with Gasteiger partial charge in [-0.25, -0.2) is 0 Å². The van der Waals surface area contributed by atoms with Crippen molar-refractivity contribution < 1.29 is 4.74 Å². The van der Waals surface area contributed by atoms with Crippen LogP contribution in [0.1, 0.15) is 11.1 Å². The number of halogens is 1. The highest BCUT2D eigenvalue weighted by Crippen LogP contribution is 2.30. The van der Waals surface area contributed by atoms with Gasteiger partial charge in [-0.1, -0.05) is 39.7 Å². The van der Waals surface area contributed by atoms with E-state index in [-0.39, 0.29) is 0 Å². The molecule has 0 bridgehead atoms. The van der Waals surface area contributed by atoms with E-state index in [2.05, 4.69) is 59.1 Å². The molecule has 0 saturated heterocycles. The summed E-state index contributed by atoms with van der Waals surface area (Å²) in [5.74, 6) is 0.872. The van der Waals surface area contributed by atoms with Gasteiger partial charge in [0.15, 0.2) is 0 Å². The maximum absolute atomic E-state index is 5.28. The molecule has 2 aromatic rings. The number of anilines is 2. The second kappa shape index (κ2) is 6.11. The number of alkyl halides is 1. The highest BCUT2D eigenvalue weighted by Gasteiger charge is 2.09. The first-order chi connectivity index (χ1) is 9.15. The molecular formula is C16H18BrNO. The molecule has 2 nitrogen and oxygen atoms in total. The van der Waals surface area contributed by atoms with Gasteiger partial charge >= 0.3 is 0 Å². The van der Waals surface area contributed by atoms with E-state index in [0.29, 0.717) is 0 Å². The van der Waals surface area contributed by atoms with Crippen LogP contribution in [0, 0.1) is 6.92 Å². The van der Waals surface area contributed by atoms with Crippen LogP contribution in [0.15, 0.2) is 42.5 Å². The Kier molecular flexibility index (Phi) is 4.48. The average molecular weight is 320 g/mol. The van der Waals surface area contributed by atoms with Crippen molar-refractivity contribution >= 4 is 27.3 Å². The molecule has 100 valence electrons. The largest absolute Gasteiger partial charge is 0.497 e. The molecule has 0 radical (unpaired) electrons. The number of methoxy groups -OCH3 is 1. The van der Waals surface area contributed by atoms with Crippen LogP contribution in [0.3, 0.4) is 0 Å². The first-order valence-corrected chi connectivity index (χ1v) is 7.31. The van der Waals surface area contributed by atoms with E-state index in [0.717, 1.165) is 16.8 Å². The standard InChI is InChI=1S/C16H18BrNO/c1-12-7-8-16(13(9-12)11-17)18(2)14-5-4-6-15(10-14)19-3/h4-10H,11H2,1-3H3. The van der Waals surface area contributed by atoms with Gasteiger partial charge in [0.05, 0.1) is 7.11 Å². The maximum atomic E-state index is 5.28. The van der Waals surface area contributed by atoms with E-state index in [1.54, 1.807) is 7.11 Å². The molecule has 0 aromatic heterocycles. The Bertz CT molecular complexity index is 568. The van der Waals surface area contributed by atoms with E-state index >= 15 is 0 Å². The number of benzene rings is 2. The third-order valence-electron chi connectivity index (χ3n) is 3.18. The lowest BCUT2D eigenvalue weighted by Gasteiger charge is -2.23. The summed E-state index contributed by atoms with van der Waals surface area (Å²) < 4.78 is 5.28. The molecule has 0 aliphatic heterocycles. The molecule has 2 rings (SSSR count). The van der Waals surface area contributed by atoms with Gasteiger partial charge < -0.3 is 9.64 Å². The van der Waals surface area contributed by atoms with E-state index in [1.807, 2.05) is 18.2 Å². The van der Waals surface area contributed by atoms with Crippen LogP contribution in [0.25, 0.3) is 0 Å². The number of hydrogen-bond acceptors (Lipinski definition) is 2. The molecule has 2 aromatic carbocycles. The number of hydrogen-bond donors (Lipinski definition) is 0. The minimum absolute atomic E-state index is 0.846. The Morgan fingerprint density at radius 2 is 1.95 bits per heavy atom. The zero-order chi connectivity index (χ0) is 13.8. The summed E-state index contributed by atoms with van der Waals surface area (Å²) in [7, 11) is 3.76. The van der Waals surface area contributed by atoms with E-state index in [1.165, 1.54) is 16.8 Å². The van der Waals surface area contributed by atoms with Crippen LogP contribution in [-0.2, 0) is 5.33 Å². The zero-order valence-corrected chi connectivity index (χ0v) is 13.1. The number of ether oxygens (including phenoxy) is 1. The van der Waals surface area contributed by atoms with Gasteiger partial charge in [-0.3, -0.25) is 0 Å². The van der Waals surface area contributed by atoms with Crippen molar-refractivity contribution in [3.05, 3.63) is 53.6 Å². The highest BCUT2D eigenvalue weighted by molar-refractivity contribution is 9.08. The van der Waals surface area contributed by atoms with Crippen LogP contribution >= 0.6 is 15.9 Å². The van der Waals surface area contributed by atoms with Gasteiger partial charge in [-0.2, -0.15) is 0 Å². The summed E-state index contributed by atoms with van der Waals surface area (Å²) in [6, 6.07) is 14.6. The third kappa shape index (κ3) is 3.10. The van der Waals surface area contributed by atoms with Crippen molar-refractivity contribution in [2.75, 3.05) is 19.1 Å². The molecule has 19 heavy (non-hydrogen) atoms. The van der Waals surface area contributed by atoms with E-state index < -0.39 is 0 Å². The fourth-order valence-corrected chi connectivity index (χ4v) is 2.56. The molecule has 0 spiro atoms. The van der Waals surface area contributed by atoms with Gasteiger partial charge in [-0.05, 0) is 30.7 Å². The Hall–Kier alpha value is -1.48. The van der Waals surface area contributed by atoms with Crippen LogP contribution in [0.5, 0.6) is 5.75 Å². The lowest BCUT2D eigenvalue weighted by Crippen LogP contribution is -2.11. The Morgan fingerprint density at radius 1 is 1.16 bits per heavy atom. The highest BCUT2D eigenvalue weighted by atomic mass is 79.9. The van der Waals surface area contributed by atoms with Crippen molar-refractivity contribution in [2.24, 2.45) is 0 Å². The summed E-state index contributed by atoms with van der Waals surface area (Å²) in [4.78, 5) is 2.18. The van der Waals surface area contributed by atoms with E-state index in [4.69, 9.17) is 4.74 Å². The second-order valence-corrected chi connectivity index (χ2v) is 5.09. The fourth-order valence-electron chi connectivity index (χ4n) is 2.11. The number of rotatable bonds is 4. The number of nitrogens with zero attached hydrogens (tertiary/aromatic N) is 1. The van der Waals surface area contributed by atoms with Crippen LogP contribution in [0.2, 0.25) is 0 Å². The number of aryl methyl sites for hydroxylation is 1. The van der Waals surface area contributed by atoms with Crippen molar-refractivity contribution in [1.29, 1.82) is 0 Å². The molecule has 0 saturated carbocycles. The zero-order valence-electron chi connectivity index (χ0n) is 11.5. The molecule has 0 aliphatic rings. The van der Waals surface area contributed by atoms with Crippen molar-refractivity contribution in [2.45, 2.75) is 12.3 Å². The monoisotopic (exact) mass is 319 g/mol.